The first-order valence-corrected chi connectivity index (χ1v) is 13.5. The summed E-state index contributed by atoms with van der Waals surface area (Å²) in [5, 5.41) is 0.728. The molecule has 2 heterocycles. The number of carbonyl (C=O) groups excluding carboxylic acids is 1. The number of nitrogen functional groups attached to an aromatic ring is 1. The molecule has 178 valence electrons. The summed E-state index contributed by atoms with van der Waals surface area (Å²) in [6.07, 6.45) is 18.7. The molecule has 2 N–H and O–H groups in total. The standard InChI is InChI=1S/C27H38N4OS/c1-2-16-31(23-8-10-25-26(19-23)33-27(28)30-25)17-13-20-3-5-22(6-4-20)18-24(32)9-7-21-11-14-29-15-12-21/h7,9,11-12,14-15,20,22-23H,2-6,8,10,13,16-19H2,1H3,(H2,28,30)/b9-7+/t20?,22?,23-/m0/s1. The predicted molar refractivity (Wildman–Crippen MR) is 137 cm³/mol. The van der Waals surface area contributed by atoms with Gasteiger partial charge in [-0.3, -0.25) is 9.78 Å². The maximum absolute atomic E-state index is 12.4. The van der Waals surface area contributed by atoms with Gasteiger partial charge in [-0.2, -0.15) is 0 Å². The SMILES string of the molecule is CCCN(CCC1CCC(CC(=O)/C=C/c2ccncc2)CC1)[C@H]1CCc2nc(N)sc2C1. The Morgan fingerprint density at radius 1 is 1.15 bits per heavy atom. The van der Waals surface area contributed by atoms with E-state index in [1.165, 1.54) is 68.6 Å². The van der Waals surface area contributed by atoms with Gasteiger partial charge >= 0.3 is 0 Å². The molecule has 1 atom stereocenters. The molecule has 0 radical (unpaired) electrons. The van der Waals surface area contributed by atoms with Crippen LogP contribution in [0.25, 0.3) is 6.08 Å². The van der Waals surface area contributed by atoms with Crippen LogP contribution < -0.4 is 5.73 Å². The van der Waals surface area contributed by atoms with Crippen molar-refractivity contribution in [2.45, 2.75) is 77.2 Å². The van der Waals surface area contributed by atoms with E-state index in [9.17, 15) is 4.79 Å². The van der Waals surface area contributed by atoms with Crippen molar-refractivity contribution in [1.29, 1.82) is 0 Å². The quantitative estimate of drug-likeness (QED) is 0.464. The molecule has 0 aromatic carbocycles. The summed E-state index contributed by atoms with van der Waals surface area (Å²) in [6, 6.07) is 4.49. The fourth-order valence-electron chi connectivity index (χ4n) is 5.54. The van der Waals surface area contributed by atoms with E-state index in [1.807, 2.05) is 18.2 Å². The average Bonchev–Trinajstić information content (AvgIpc) is 3.21. The highest BCUT2D eigenvalue weighted by molar-refractivity contribution is 7.15. The number of allylic oxidation sites excluding steroid dienone is 1. The van der Waals surface area contributed by atoms with Crippen molar-refractivity contribution in [3.63, 3.8) is 0 Å². The molecule has 1 fully saturated rings. The summed E-state index contributed by atoms with van der Waals surface area (Å²) in [7, 11) is 0. The van der Waals surface area contributed by atoms with Crippen LogP contribution in [0.1, 0.15) is 74.4 Å². The molecule has 0 unspecified atom stereocenters. The summed E-state index contributed by atoms with van der Waals surface area (Å²) < 4.78 is 0. The smallest absolute Gasteiger partial charge is 0.180 e. The van der Waals surface area contributed by atoms with Crippen molar-refractivity contribution >= 4 is 28.3 Å². The zero-order valence-corrected chi connectivity index (χ0v) is 20.7. The monoisotopic (exact) mass is 466 g/mol. The van der Waals surface area contributed by atoms with Crippen LogP contribution in [0, 0.1) is 11.8 Å². The maximum Gasteiger partial charge on any atom is 0.180 e. The van der Waals surface area contributed by atoms with Crippen LogP contribution in [0.15, 0.2) is 30.6 Å². The first-order valence-electron chi connectivity index (χ1n) is 12.7. The first kappa shape index (κ1) is 24.1. The molecule has 2 aliphatic carbocycles. The summed E-state index contributed by atoms with van der Waals surface area (Å²) in [6.45, 7) is 4.67. The zero-order valence-electron chi connectivity index (χ0n) is 19.9. The number of fused-ring (bicyclic) bond motifs is 1. The van der Waals surface area contributed by atoms with Crippen LogP contribution in [-0.4, -0.2) is 39.8 Å². The lowest BCUT2D eigenvalue weighted by Crippen LogP contribution is -2.41. The molecule has 0 saturated heterocycles. The third-order valence-corrected chi connectivity index (χ3v) is 8.36. The van der Waals surface area contributed by atoms with E-state index >= 15 is 0 Å². The second-order valence-electron chi connectivity index (χ2n) is 9.81. The molecular formula is C27H38N4OS. The van der Waals surface area contributed by atoms with Crippen LogP contribution in [-0.2, 0) is 17.6 Å². The van der Waals surface area contributed by atoms with Gasteiger partial charge in [0.15, 0.2) is 10.9 Å². The number of nitrogens with two attached hydrogens (primary N) is 1. The Bertz CT molecular complexity index is 917. The Hall–Kier alpha value is -2.05. The lowest BCUT2D eigenvalue weighted by molar-refractivity contribution is -0.115. The van der Waals surface area contributed by atoms with Gasteiger partial charge in [-0.1, -0.05) is 25.8 Å². The first-order chi connectivity index (χ1) is 16.1. The van der Waals surface area contributed by atoms with Gasteiger partial charge in [0, 0.05) is 29.7 Å². The van der Waals surface area contributed by atoms with Crippen LogP contribution in [0.5, 0.6) is 0 Å². The largest absolute Gasteiger partial charge is 0.375 e. The molecule has 4 rings (SSSR count). The molecule has 5 nitrogen and oxygen atoms in total. The van der Waals surface area contributed by atoms with E-state index in [1.54, 1.807) is 29.8 Å². The fourth-order valence-corrected chi connectivity index (χ4v) is 6.49. The average molecular weight is 467 g/mol. The van der Waals surface area contributed by atoms with Gasteiger partial charge in [0.1, 0.15) is 0 Å². The Labute approximate surface area is 202 Å². The molecule has 0 bridgehead atoms. The number of nitrogens with zero attached hydrogens (tertiary/aromatic N) is 3. The van der Waals surface area contributed by atoms with Gasteiger partial charge in [0.05, 0.1) is 5.69 Å². The molecule has 0 aliphatic heterocycles. The molecule has 1 saturated carbocycles. The van der Waals surface area contributed by atoms with Crippen molar-refractivity contribution in [2.24, 2.45) is 11.8 Å². The number of anilines is 1. The van der Waals surface area contributed by atoms with E-state index in [0.29, 0.717) is 18.4 Å². The maximum atomic E-state index is 12.4. The van der Waals surface area contributed by atoms with Crippen LogP contribution in [0.4, 0.5) is 5.13 Å². The van der Waals surface area contributed by atoms with E-state index < -0.39 is 0 Å². The number of aromatic nitrogens is 2. The number of carbonyl (C=O) groups is 1. The third-order valence-electron chi connectivity index (χ3n) is 7.41. The Morgan fingerprint density at radius 2 is 1.91 bits per heavy atom. The van der Waals surface area contributed by atoms with Crippen molar-refractivity contribution in [1.82, 2.24) is 14.9 Å². The zero-order chi connectivity index (χ0) is 23.0. The minimum absolute atomic E-state index is 0.254. The van der Waals surface area contributed by atoms with Gasteiger partial charge in [-0.25, -0.2) is 4.98 Å². The van der Waals surface area contributed by atoms with E-state index in [2.05, 4.69) is 21.8 Å². The number of hydrogen-bond acceptors (Lipinski definition) is 6. The summed E-state index contributed by atoms with van der Waals surface area (Å²) in [4.78, 5) is 25.1. The number of rotatable bonds is 10. The Balaban J connectivity index is 1.19. The van der Waals surface area contributed by atoms with Crippen LogP contribution >= 0.6 is 11.3 Å². The second kappa shape index (κ2) is 11.9. The number of pyridine rings is 1. The van der Waals surface area contributed by atoms with Gasteiger partial charge in [0.2, 0.25) is 0 Å². The van der Waals surface area contributed by atoms with E-state index in [4.69, 9.17) is 5.73 Å². The highest BCUT2D eigenvalue weighted by Crippen LogP contribution is 2.34. The fraction of sp³-hybridized carbons (Fsp3) is 0.593. The summed E-state index contributed by atoms with van der Waals surface area (Å²) in [5.74, 6) is 1.61. The topological polar surface area (TPSA) is 72.1 Å². The lowest BCUT2D eigenvalue weighted by Gasteiger charge is -2.36. The molecule has 0 spiro atoms. The predicted octanol–water partition coefficient (Wildman–Crippen LogP) is 5.56. The van der Waals surface area contributed by atoms with E-state index in [0.717, 1.165) is 29.5 Å². The van der Waals surface area contributed by atoms with E-state index in [-0.39, 0.29) is 5.78 Å². The normalized spacial score (nSPS) is 23.2. The number of aryl methyl sites for hydroxylation is 1. The van der Waals surface area contributed by atoms with Crippen molar-refractivity contribution < 1.29 is 4.79 Å². The molecular weight excluding hydrogens is 428 g/mol. The summed E-state index contributed by atoms with van der Waals surface area (Å²) >= 11 is 1.69. The number of hydrogen-bond donors (Lipinski definition) is 1. The highest BCUT2D eigenvalue weighted by atomic mass is 32.1. The lowest BCUT2D eigenvalue weighted by atomic mass is 9.78. The molecule has 2 aliphatic rings. The molecule has 6 heteroatoms. The van der Waals surface area contributed by atoms with Crippen LogP contribution in [0.2, 0.25) is 0 Å². The van der Waals surface area contributed by atoms with Gasteiger partial charge in [0.25, 0.3) is 0 Å². The molecule has 2 aromatic heterocycles. The molecule has 2 aromatic rings. The van der Waals surface area contributed by atoms with Gasteiger partial charge in [-0.05, 0) is 93.6 Å². The minimum atomic E-state index is 0.254. The Kier molecular flexibility index (Phi) is 8.68. The third kappa shape index (κ3) is 6.97. The van der Waals surface area contributed by atoms with Gasteiger partial charge in [-0.15, -0.1) is 11.3 Å². The second-order valence-corrected chi connectivity index (χ2v) is 10.9. The number of ketones is 1. The van der Waals surface area contributed by atoms with Crippen LogP contribution in [0.3, 0.4) is 0 Å². The van der Waals surface area contributed by atoms with Crippen molar-refractivity contribution in [3.05, 3.63) is 46.7 Å². The highest BCUT2D eigenvalue weighted by Gasteiger charge is 2.28. The minimum Gasteiger partial charge on any atom is -0.375 e. The molecule has 0 amide bonds. The molecule has 33 heavy (non-hydrogen) atoms. The summed E-state index contributed by atoms with van der Waals surface area (Å²) in [5.41, 5.74) is 8.22. The van der Waals surface area contributed by atoms with Crippen molar-refractivity contribution in [3.8, 4) is 0 Å². The number of thiazole rings is 1. The van der Waals surface area contributed by atoms with Crippen molar-refractivity contribution in [2.75, 3.05) is 18.8 Å². The van der Waals surface area contributed by atoms with Gasteiger partial charge < -0.3 is 10.6 Å². The Morgan fingerprint density at radius 3 is 2.67 bits per heavy atom.